The lowest BCUT2D eigenvalue weighted by Crippen LogP contribution is -2.46. The van der Waals surface area contributed by atoms with Crippen molar-refractivity contribution in [1.29, 1.82) is 0 Å². The molecular weight excluding hydrogens is 224 g/mol. The fourth-order valence-corrected chi connectivity index (χ4v) is 2.51. The number of para-hydroxylation sites is 1. The monoisotopic (exact) mass is 248 g/mol. The number of hydrogen-bond acceptors (Lipinski definition) is 3. The van der Waals surface area contributed by atoms with E-state index in [1.165, 1.54) is 24.1 Å². The molecule has 0 spiro atoms. The number of fused-ring (bicyclic) bond motifs is 1. The minimum absolute atomic E-state index is 0.174. The average Bonchev–Trinajstić information content (AvgIpc) is 2.44. The van der Waals surface area contributed by atoms with Gasteiger partial charge >= 0.3 is 0 Å². The van der Waals surface area contributed by atoms with Crippen molar-refractivity contribution in [2.24, 2.45) is 0 Å². The molecule has 0 saturated carbocycles. The molecule has 0 saturated heterocycles. The van der Waals surface area contributed by atoms with Gasteiger partial charge in [-0.2, -0.15) is 0 Å². The summed E-state index contributed by atoms with van der Waals surface area (Å²) < 4.78 is 0. The lowest BCUT2D eigenvalue weighted by molar-refractivity contribution is 0.175. The fourth-order valence-electron chi connectivity index (χ4n) is 2.51. The first kappa shape index (κ1) is 13.4. The molecular formula is C15H24N2O. The van der Waals surface area contributed by atoms with Crippen LogP contribution in [0.2, 0.25) is 0 Å². The van der Waals surface area contributed by atoms with Gasteiger partial charge in [-0.1, -0.05) is 18.2 Å². The third kappa shape index (κ3) is 2.85. The van der Waals surface area contributed by atoms with Crippen molar-refractivity contribution in [3.05, 3.63) is 29.8 Å². The molecule has 18 heavy (non-hydrogen) atoms. The summed E-state index contributed by atoms with van der Waals surface area (Å²) in [6.07, 6.45) is 3.37. The second-order valence-corrected chi connectivity index (χ2v) is 5.44. The van der Waals surface area contributed by atoms with Gasteiger partial charge in [0, 0.05) is 24.3 Å². The van der Waals surface area contributed by atoms with Crippen molar-refractivity contribution >= 4 is 5.69 Å². The SMILES string of the molecule is CNC(C)(CO)CCN1CCCc2ccccc21. The van der Waals surface area contributed by atoms with Crippen molar-refractivity contribution in [1.82, 2.24) is 5.32 Å². The van der Waals surface area contributed by atoms with Crippen LogP contribution in [0.25, 0.3) is 0 Å². The Balaban J connectivity index is 2.03. The molecule has 0 aromatic heterocycles. The Kier molecular flexibility index (Phi) is 4.25. The quantitative estimate of drug-likeness (QED) is 0.834. The Morgan fingerprint density at radius 1 is 1.39 bits per heavy atom. The molecule has 1 aliphatic rings. The number of anilines is 1. The molecule has 1 heterocycles. The van der Waals surface area contributed by atoms with Gasteiger partial charge in [-0.15, -0.1) is 0 Å². The fraction of sp³-hybridized carbons (Fsp3) is 0.600. The summed E-state index contributed by atoms with van der Waals surface area (Å²) >= 11 is 0. The molecule has 1 aromatic carbocycles. The lowest BCUT2D eigenvalue weighted by atomic mass is 9.97. The Labute approximate surface area is 110 Å². The van der Waals surface area contributed by atoms with Crippen molar-refractivity contribution in [2.45, 2.75) is 31.7 Å². The highest BCUT2D eigenvalue weighted by Gasteiger charge is 2.23. The van der Waals surface area contributed by atoms with Crippen LogP contribution in [0, 0.1) is 0 Å². The molecule has 2 rings (SSSR count). The number of rotatable bonds is 5. The van der Waals surface area contributed by atoms with Crippen molar-refractivity contribution in [2.75, 3.05) is 31.6 Å². The number of hydrogen-bond donors (Lipinski definition) is 2. The number of benzene rings is 1. The minimum atomic E-state index is -0.174. The van der Waals surface area contributed by atoms with Gasteiger partial charge in [0.05, 0.1) is 6.61 Å². The van der Waals surface area contributed by atoms with Gasteiger partial charge < -0.3 is 15.3 Å². The van der Waals surface area contributed by atoms with Gasteiger partial charge in [0.2, 0.25) is 0 Å². The topological polar surface area (TPSA) is 35.5 Å². The molecule has 0 aliphatic carbocycles. The predicted octanol–water partition coefficient (Wildman–Crippen LogP) is 1.80. The minimum Gasteiger partial charge on any atom is -0.394 e. The molecule has 0 bridgehead atoms. The Morgan fingerprint density at radius 2 is 2.17 bits per heavy atom. The summed E-state index contributed by atoms with van der Waals surface area (Å²) in [5.41, 5.74) is 2.66. The molecule has 1 unspecified atom stereocenters. The molecule has 1 aromatic rings. The predicted molar refractivity (Wildman–Crippen MR) is 76.1 cm³/mol. The number of nitrogens with zero attached hydrogens (tertiary/aromatic N) is 1. The van der Waals surface area contributed by atoms with Crippen LogP contribution in [0.15, 0.2) is 24.3 Å². The molecule has 3 heteroatoms. The van der Waals surface area contributed by atoms with Crippen LogP contribution in [0.4, 0.5) is 5.69 Å². The maximum atomic E-state index is 9.43. The summed E-state index contributed by atoms with van der Waals surface area (Å²) in [5.74, 6) is 0. The Bertz CT molecular complexity index is 388. The average molecular weight is 248 g/mol. The highest BCUT2D eigenvalue weighted by molar-refractivity contribution is 5.55. The van der Waals surface area contributed by atoms with Crippen LogP contribution < -0.4 is 10.2 Å². The number of aryl methyl sites for hydroxylation is 1. The molecule has 0 fully saturated rings. The first-order valence-corrected chi connectivity index (χ1v) is 6.81. The lowest BCUT2D eigenvalue weighted by Gasteiger charge is -2.35. The maximum absolute atomic E-state index is 9.43. The van der Waals surface area contributed by atoms with E-state index < -0.39 is 0 Å². The van der Waals surface area contributed by atoms with Gasteiger partial charge in [-0.25, -0.2) is 0 Å². The maximum Gasteiger partial charge on any atom is 0.0611 e. The second-order valence-electron chi connectivity index (χ2n) is 5.44. The van der Waals surface area contributed by atoms with Gasteiger partial charge in [-0.05, 0) is 44.9 Å². The zero-order valence-electron chi connectivity index (χ0n) is 11.4. The van der Waals surface area contributed by atoms with Crippen molar-refractivity contribution in [3.63, 3.8) is 0 Å². The van der Waals surface area contributed by atoms with E-state index in [9.17, 15) is 5.11 Å². The molecule has 0 amide bonds. The van der Waals surface area contributed by atoms with Crippen molar-refractivity contribution in [3.8, 4) is 0 Å². The normalized spacial score (nSPS) is 18.3. The smallest absolute Gasteiger partial charge is 0.0611 e. The van der Waals surface area contributed by atoms with Crippen LogP contribution in [0.5, 0.6) is 0 Å². The van der Waals surface area contributed by atoms with Crippen LogP contribution in [-0.4, -0.2) is 37.4 Å². The van der Waals surface area contributed by atoms with Gasteiger partial charge in [0.15, 0.2) is 0 Å². The van der Waals surface area contributed by atoms with Crippen LogP contribution in [-0.2, 0) is 6.42 Å². The van der Waals surface area contributed by atoms with Gasteiger partial charge in [0.1, 0.15) is 0 Å². The number of aliphatic hydroxyl groups is 1. The van der Waals surface area contributed by atoms with E-state index in [4.69, 9.17) is 0 Å². The van der Waals surface area contributed by atoms with E-state index in [2.05, 4.69) is 41.4 Å². The van der Waals surface area contributed by atoms with Crippen molar-refractivity contribution < 1.29 is 5.11 Å². The molecule has 100 valence electrons. The van der Waals surface area contributed by atoms with E-state index in [1.807, 2.05) is 7.05 Å². The molecule has 2 N–H and O–H groups in total. The van der Waals surface area contributed by atoms with E-state index in [1.54, 1.807) is 0 Å². The molecule has 1 aliphatic heterocycles. The van der Waals surface area contributed by atoms with Crippen LogP contribution in [0.1, 0.15) is 25.3 Å². The summed E-state index contributed by atoms with van der Waals surface area (Å²) in [4.78, 5) is 2.45. The standard InChI is InChI=1S/C15H24N2O/c1-15(12-18,16-2)9-11-17-10-5-7-13-6-3-4-8-14(13)17/h3-4,6,8,16,18H,5,7,9-12H2,1-2H3. The third-order valence-corrected chi connectivity index (χ3v) is 4.09. The number of likely N-dealkylation sites (N-methyl/N-ethyl adjacent to an activating group) is 1. The van der Waals surface area contributed by atoms with Gasteiger partial charge in [-0.3, -0.25) is 0 Å². The number of aliphatic hydroxyl groups excluding tert-OH is 1. The molecule has 0 radical (unpaired) electrons. The van der Waals surface area contributed by atoms with E-state index in [0.29, 0.717) is 0 Å². The summed E-state index contributed by atoms with van der Waals surface area (Å²) in [5, 5.41) is 12.6. The summed E-state index contributed by atoms with van der Waals surface area (Å²) in [6, 6.07) is 8.67. The largest absolute Gasteiger partial charge is 0.394 e. The zero-order valence-corrected chi connectivity index (χ0v) is 11.4. The summed E-state index contributed by atoms with van der Waals surface area (Å²) in [7, 11) is 1.92. The highest BCUT2D eigenvalue weighted by atomic mass is 16.3. The Morgan fingerprint density at radius 3 is 2.89 bits per heavy atom. The van der Waals surface area contributed by atoms with E-state index in [0.717, 1.165) is 19.5 Å². The van der Waals surface area contributed by atoms with Crippen LogP contribution in [0.3, 0.4) is 0 Å². The van der Waals surface area contributed by atoms with E-state index >= 15 is 0 Å². The zero-order chi connectivity index (χ0) is 13.0. The third-order valence-electron chi connectivity index (χ3n) is 4.09. The Hall–Kier alpha value is -1.06. The first-order valence-electron chi connectivity index (χ1n) is 6.81. The number of nitrogens with one attached hydrogen (secondary N) is 1. The first-order chi connectivity index (χ1) is 8.68. The summed E-state index contributed by atoms with van der Waals surface area (Å²) in [6.45, 7) is 4.37. The second kappa shape index (κ2) is 5.72. The van der Waals surface area contributed by atoms with Gasteiger partial charge in [0.25, 0.3) is 0 Å². The van der Waals surface area contributed by atoms with E-state index in [-0.39, 0.29) is 12.1 Å². The molecule has 3 nitrogen and oxygen atoms in total. The highest BCUT2D eigenvalue weighted by Crippen LogP contribution is 2.27. The molecule has 1 atom stereocenters. The van der Waals surface area contributed by atoms with Crippen LogP contribution >= 0.6 is 0 Å².